The molecule has 0 aliphatic rings. The fourth-order valence-corrected chi connectivity index (χ4v) is 3.03. The van der Waals surface area contributed by atoms with Gasteiger partial charge in [0, 0.05) is 0 Å². The van der Waals surface area contributed by atoms with Crippen molar-refractivity contribution in [1.82, 2.24) is 0 Å². The van der Waals surface area contributed by atoms with Gasteiger partial charge in [0.2, 0.25) is 0 Å². The van der Waals surface area contributed by atoms with E-state index in [2.05, 4.69) is 55.4 Å². The summed E-state index contributed by atoms with van der Waals surface area (Å²) in [5, 5.41) is 0. The molecule has 0 aromatic heterocycles. The molecular weight excluding hydrogens is 180 g/mol. The highest BCUT2D eigenvalue weighted by molar-refractivity contribution is 4.81. The van der Waals surface area contributed by atoms with Gasteiger partial charge in [-0.1, -0.05) is 68.2 Å². The second-order valence-corrected chi connectivity index (χ2v) is 7.08. The van der Waals surface area contributed by atoms with Crippen LogP contribution in [0, 0.1) is 22.7 Å². The van der Waals surface area contributed by atoms with Crippen LogP contribution in [0.4, 0.5) is 0 Å². The van der Waals surface area contributed by atoms with Crippen molar-refractivity contribution in [3.05, 3.63) is 0 Å². The van der Waals surface area contributed by atoms with E-state index in [1.165, 1.54) is 19.3 Å². The summed E-state index contributed by atoms with van der Waals surface area (Å²) in [6.07, 6.45) is 3.96. The summed E-state index contributed by atoms with van der Waals surface area (Å²) in [7, 11) is 0. The molecule has 0 saturated heterocycles. The molecule has 2 atom stereocenters. The van der Waals surface area contributed by atoms with Gasteiger partial charge in [-0.25, -0.2) is 0 Å². The molecule has 0 aromatic rings. The van der Waals surface area contributed by atoms with E-state index in [4.69, 9.17) is 0 Å². The lowest BCUT2D eigenvalue weighted by Crippen LogP contribution is -2.29. The zero-order chi connectivity index (χ0) is 12.3. The van der Waals surface area contributed by atoms with Crippen molar-refractivity contribution in [3.8, 4) is 0 Å². The zero-order valence-electron chi connectivity index (χ0n) is 12.3. The lowest BCUT2D eigenvalue weighted by atomic mass is 9.67. The van der Waals surface area contributed by atoms with Crippen LogP contribution < -0.4 is 0 Å². The molecule has 2 unspecified atom stereocenters. The topological polar surface area (TPSA) is 0 Å². The molecule has 0 rings (SSSR count). The van der Waals surface area contributed by atoms with Crippen LogP contribution in [0.1, 0.15) is 74.7 Å². The normalized spacial score (nSPS) is 17.6. The van der Waals surface area contributed by atoms with Gasteiger partial charge in [0.25, 0.3) is 0 Å². The second-order valence-electron chi connectivity index (χ2n) is 7.08. The summed E-state index contributed by atoms with van der Waals surface area (Å²) < 4.78 is 0. The molecule has 0 aliphatic heterocycles. The van der Waals surface area contributed by atoms with Gasteiger partial charge in [-0.05, 0) is 29.1 Å². The Morgan fingerprint density at radius 1 is 0.933 bits per heavy atom. The van der Waals surface area contributed by atoms with E-state index in [1.54, 1.807) is 0 Å². The third kappa shape index (κ3) is 5.04. The van der Waals surface area contributed by atoms with E-state index in [0.717, 1.165) is 11.8 Å². The maximum absolute atomic E-state index is 2.44. The largest absolute Gasteiger partial charge is 0.0651 e. The molecule has 0 heteroatoms. The van der Waals surface area contributed by atoms with Crippen molar-refractivity contribution >= 4 is 0 Å². The van der Waals surface area contributed by atoms with Gasteiger partial charge >= 0.3 is 0 Å². The maximum Gasteiger partial charge on any atom is -0.0342 e. The summed E-state index contributed by atoms with van der Waals surface area (Å²) in [6.45, 7) is 19.1. The van der Waals surface area contributed by atoms with E-state index in [-0.39, 0.29) is 0 Å². The average Bonchev–Trinajstić information content (AvgIpc) is 2.01. The third-order valence-electron chi connectivity index (χ3n) is 4.07. The van der Waals surface area contributed by atoms with Crippen LogP contribution >= 0.6 is 0 Å². The predicted molar refractivity (Wildman–Crippen MR) is 71.1 cm³/mol. The average molecular weight is 212 g/mol. The Morgan fingerprint density at radius 2 is 1.40 bits per heavy atom. The Bertz CT molecular complexity index is 171. The first-order valence-electron chi connectivity index (χ1n) is 6.64. The van der Waals surface area contributed by atoms with Gasteiger partial charge in [0.1, 0.15) is 0 Å². The molecule has 0 spiro atoms. The van der Waals surface area contributed by atoms with Crippen molar-refractivity contribution < 1.29 is 0 Å². The molecule has 0 amide bonds. The van der Waals surface area contributed by atoms with Gasteiger partial charge < -0.3 is 0 Å². The highest BCUT2D eigenvalue weighted by atomic mass is 14.4. The van der Waals surface area contributed by atoms with Crippen LogP contribution in [-0.2, 0) is 0 Å². The van der Waals surface area contributed by atoms with Gasteiger partial charge in [-0.2, -0.15) is 0 Å². The van der Waals surface area contributed by atoms with Crippen molar-refractivity contribution in [2.75, 3.05) is 0 Å². The van der Waals surface area contributed by atoms with E-state index < -0.39 is 0 Å². The molecular formula is C15H32. The molecule has 0 fully saturated rings. The molecule has 0 N–H and O–H groups in total. The monoisotopic (exact) mass is 212 g/mol. The molecule has 0 saturated carbocycles. The van der Waals surface area contributed by atoms with Crippen LogP contribution in [-0.4, -0.2) is 0 Å². The predicted octanol–water partition coefficient (Wildman–Crippen LogP) is 5.52. The summed E-state index contributed by atoms with van der Waals surface area (Å²) in [6, 6.07) is 0. The van der Waals surface area contributed by atoms with Crippen molar-refractivity contribution in [2.24, 2.45) is 22.7 Å². The smallest absolute Gasteiger partial charge is 0.0342 e. The zero-order valence-corrected chi connectivity index (χ0v) is 12.3. The Kier molecular flexibility index (Phi) is 5.37. The van der Waals surface area contributed by atoms with Gasteiger partial charge in [-0.15, -0.1) is 0 Å². The van der Waals surface area contributed by atoms with Gasteiger partial charge in [0.15, 0.2) is 0 Å². The van der Waals surface area contributed by atoms with E-state index >= 15 is 0 Å². The van der Waals surface area contributed by atoms with Crippen LogP contribution in [0.15, 0.2) is 0 Å². The minimum atomic E-state index is 0.456. The van der Waals surface area contributed by atoms with Crippen molar-refractivity contribution in [1.29, 1.82) is 0 Å². The summed E-state index contributed by atoms with van der Waals surface area (Å²) in [4.78, 5) is 0. The summed E-state index contributed by atoms with van der Waals surface area (Å²) in [5.74, 6) is 1.69. The maximum atomic E-state index is 2.44. The molecule has 92 valence electrons. The molecule has 15 heavy (non-hydrogen) atoms. The third-order valence-corrected chi connectivity index (χ3v) is 4.07. The molecule has 0 heterocycles. The fourth-order valence-electron chi connectivity index (χ4n) is 3.03. The van der Waals surface area contributed by atoms with Crippen molar-refractivity contribution in [3.63, 3.8) is 0 Å². The number of hydrogen-bond acceptors (Lipinski definition) is 0. The molecule has 0 radical (unpaired) electrons. The van der Waals surface area contributed by atoms with Crippen LogP contribution in [0.2, 0.25) is 0 Å². The molecule has 0 aromatic carbocycles. The highest BCUT2D eigenvalue weighted by Crippen LogP contribution is 2.40. The van der Waals surface area contributed by atoms with Crippen LogP contribution in [0.25, 0.3) is 0 Å². The Morgan fingerprint density at radius 3 is 1.67 bits per heavy atom. The Balaban J connectivity index is 4.48. The molecule has 0 aliphatic carbocycles. The Hall–Kier alpha value is 0. The highest BCUT2D eigenvalue weighted by Gasteiger charge is 2.31. The first-order valence-corrected chi connectivity index (χ1v) is 6.64. The van der Waals surface area contributed by atoms with Gasteiger partial charge in [0.05, 0.1) is 0 Å². The first kappa shape index (κ1) is 15.0. The van der Waals surface area contributed by atoms with E-state index in [0.29, 0.717) is 10.8 Å². The lowest BCUT2D eigenvalue weighted by Gasteiger charge is -2.38. The quantitative estimate of drug-likeness (QED) is 0.563. The molecule has 0 nitrogen and oxygen atoms in total. The second kappa shape index (κ2) is 5.37. The number of rotatable bonds is 5. The first-order chi connectivity index (χ1) is 6.64. The van der Waals surface area contributed by atoms with Crippen LogP contribution in [0.3, 0.4) is 0 Å². The van der Waals surface area contributed by atoms with Gasteiger partial charge in [-0.3, -0.25) is 0 Å². The van der Waals surface area contributed by atoms with E-state index in [1.807, 2.05) is 0 Å². The van der Waals surface area contributed by atoms with Crippen LogP contribution in [0.5, 0.6) is 0 Å². The molecule has 0 bridgehead atoms. The number of hydrogen-bond donors (Lipinski definition) is 0. The summed E-state index contributed by atoms with van der Waals surface area (Å²) in [5.41, 5.74) is 0.968. The fraction of sp³-hybridized carbons (Fsp3) is 1.00. The SMILES string of the molecule is CCC(C(C)CC(C)(C)CC)C(C)(C)C. The van der Waals surface area contributed by atoms with E-state index in [9.17, 15) is 0 Å². The summed E-state index contributed by atoms with van der Waals surface area (Å²) >= 11 is 0. The minimum absolute atomic E-state index is 0.456. The van der Waals surface area contributed by atoms with Crippen molar-refractivity contribution in [2.45, 2.75) is 74.7 Å². The standard InChI is InChI=1S/C15H32/c1-9-13(14(4,5)6)12(3)11-15(7,8)10-2/h12-13H,9-11H2,1-8H3. The lowest BCUT2D eigenvalue weighted by molar-refractivity contribution is 0.119. The Labute approximate surface area is 97.8 Å². The minimum Gasteiger partial charge on any atom is -0.0651 e.